The number of alkyl halides is 3. The molecule has 1 aromatic heterocycles. The topological polar surface area (TPSA) is 37.8 Å². The molecule has 0 radical (unpaired) electrons. The van der Waals surface area contributed by atoms with E-state index in [9.17, 15) is 13.2 Å². The average Bonchev–Trinajstić information content (AvgIpc) is 2.85. The van der Waals surface area contributed by atoms with E-state index in [-0.39, 0.29) is 5.13 Å². The van der Waals surface area contributed by atoms with Gasteiger partial charge in [0.15, 0.2) is 0 Å². The first-order valence-electron chi connectivity index (χ1n) is 4.78. The van der Waals surface area contributed by atoms with Crippen molar-refractivity contribution in [1.29, 1.82) is 0 Å². The molecule has 1 atom stereocenters. The van der Waals surface area contributed by atoms with Crippen LogP contribution in [0.25, 0.3) is 0 Å². The second-order valence-electron chi connectivity index (χ2n) is 3.53. The molecule has 8 heteroatoms. The van der Waals surface area contributed by atoms with Crippen LogP contribution in [0.4, 0.5) is 18.3 Å². The molecule has 1 N–H and O–H groups in total. The summed E-state index contributed by atoms with van der Waals surface area (Å²) in [7, 11) is 0. The fourth-order valence-corrected chi connectivity index (χ4v) is 3.26. The van der Waals surface area contributed by atoms with Crippen LogP contribution < -0.4 is 5.32 Å². The van der Waals surface area contributed by atoms with Crippen molar-refractivity contribution >= 4 is 28.4 Å². The van der Waals surface area contributed by atoms with E-state index in [2.05, 4.69) is 14.7 Å². The second-order valence-corrected chi connectivity index (χ2v) is 5.43. The maximum atomic E-state index is 12.2. The van der Waals surface area contributed by atoms with Crippen LogP contribution in [0.5, 0.6) is 0 Å². The van der Waals surface area contributed by atoms with Gasteiger partial charge in [0.25, 0.3) is 0 Å². The number of nitrogens with zero attached hydrogens (tertiary/aromatic N) is 2. The summed E-state index contributed by atoms with van der Waals surface area (Å²) in [5.74, 6) is 1.68. The van der Waals surface area contributed by atoms with E-state index in [1.54, 1.807) is 0 Å². The molecule has 90 valence electrons. The first-order valence-corrected chi connectivity index (χ1v) is 6.71. The van der Waals surface area contributed by atoms with Crippen molar-refractivity contribution in [1.82, 2.24) is 9.36 Å². The maximum absolute atomic E-state index is 12.2. The third kappa shape index (κ3) is 3.00. The van der Waals surface area contributed by atoms with Gasteiger partial charge in [0.2, 0.25) is 11.0 Å². The Morgan fingerprint density at radius 1 is 1.44 bits per heavy atom. The normalized spacial score (nSPS) is 21.3. The van der Waals surface area contributed by atoms with E-state index >= 15 is 0 Å². The molecule has 0 saturated carbocycles. The Morgan fingerprint density at radius 3 is 2.81 bits per heavy atom. The molecule has 1 aromatic rings. The lowest BCUT2D eigenvalue weighted by Crippen LogP contribution is -2.13. The summed E-state index contributed by atoms with van der Waals surface area (Å²) in [6, 6.07) is 0. The average molecular weight is 269 g/mol. The molecule has 1 aliphatic heterocycles. The van der Waals surface area contributed by atoms with Gasteiger partial charge in [0.05, 0.1) is 0 Å². The lowest BCUT2D eigenvalue weighted by Gasteiger charge is -2.07. The molecule has 1 unspecified atom stereocenters. The van der Waals surface area contributed by atoms with Crippen molar-refractivity contribution in [3.05, 3.63) is 5.82 Å². The van der Waals surface area contributed by atoms with Crippen molar-refractivity contribution in [3.8, 4) is 0 Å². The molecule has 0 spiro atoms. The number of anilines is 1. The Balaban J connectivity index is 1.87. The summed E-state index contributed by atoms with van der Waals surface area (Å²) in [5, 5.41) is 3.16. The quantitative estimate of drug-likeness (QED) is 0.915. The molecule has 16 heavy (non-hydrogen) atoms. The fourth-order valence-electron chi connectivity index (χ4n) is 1.39. The number of hydrogen-bond donors (Lipinski definition) is 1. The van der Waals surface area contributed by atoms with Crippen LogP contribution in [0.2, 0.25) is 0 Å². The van der Waals surface area contributed by atoms with Gasteiger partial charge in [-0.2, -0.15) is 34.3 Å². The van der Waals surface area contributed by atoms with Crippen LogP contribution in [-0.2, 0) is 6.18 Å². The summed E-state index contributed by atoms with van der Waals surface area (Å²) < 4.78 is 39.8. The van der Waals surface area contributed by atoms with Crippen molar-refractivity contribution in [3.63, 3.8) is 0 Å². The van der Waals surface area contributed by atoms with E-state index in [0.29, 0.717) is 12.5 Å². The summed E-state index contributed by atoms with van der Waals surface area (Å²) in [5.41, 5.74) is 0. The fraction of sp³-hybridized carbons (Fsp3) is 0.750. The lowest BCUT2D eigenvalue weighted by molar-refractivity contribution is -0.144. The minimum Gasteiger partial charge on any atom is -0.360 e. The highest BCUT2D eigenvalue weighted by Gasteiger charge is 2.36. The summed E-state index contributed by atoms with van der Waals surface area (Å²) in [4.78, 5) is 3.41. The van der Waals surface area contributed by atoms with E-state index in [1.165, 1.54) is 0 Å². The Labute approximate surface area is 99.0 Å². The molecule has 1 fully saturated rings. The number of nitrogens with one attached hydrogen (secondary N) is 1. The minimum atomic E-state index is -4.44. The van der Waals surface area contributed by atoms with Crippen LogP contribution in [0, 0.1) is 5.92 Å². The predicted octanol–water partition coefficient (Wildman–Crippen LogP) is 2.72. The van der Waals surface area contributed by atoms with E-state index in [0.717, 1.165) is 29.5 Å². The summed E-state index contributed by atoms with van der Waals surface area (Å²) >= 11 is 2.63. The van der Waals surface area contributed by atoms with Crippen molar-refractivity contribution in [2.24, 2.45) is 5.92 Å². The van der Waals surface area contributed by atoms with Gasteiger partial charge >= 0.3 is 6.18 Å². The first-order chi connectivity index (χ1) is 7.55. The molecule has 0 amide bonds. The van der Waals surface area contributed by atoms with Crippen LogP contribution in [0.15, 0.2) is 0 Å². The summed E-state index contributed by atoms with van der Waals surface area (Å²) in [6.07, 6.45) is -3.33. The molecule has 1 saturated heterocycles. The molecule has 0 bridgehead atoms. The molecule has 0 aromatic carbocycles. The second kappa shape index (κ2) is 4.79. The highest BCUT2D eigenvalue weighted by Crippen LogP contribution is 2.29. The largest absolute Gasteiger partial charge is 0.452 e. The predicted molar refractivity (Wildman–Crippen MR) is 58.8 cm³/mol. The van der Waals surface area contributed by atoms with Gasteiger partial charge in [0.1, 0.15) is 0 Å². The van der Waals surface area contributed by atoms with Gasteiger partial charge < -0.3 is 5.32 Å². The third-order valence-corrected chi connectivity index (χ3v) is 4.15. The van der Waals surface area contributed by atoms with Gasteiger partial charge in [-0.15, -0.1) is 0 Å². The number of hydrogen-bond acceptors (Lipinski definition) is 5. The number of halogens is 3. The SMILES string of the molecule is FC(F)(F)c1nsc(NCC2CCSC2)n1. The molecule has 1 aliphatic rings. The smallest absolute Gasteiger partial charge is 0.360 e. The molecule has 2 rings (SSSR count). The number of thioether (sulfide) groups is 1. The van der Waals surface area contributed by atoms with E-state index in [1.807, 2.05) is 11.8 Å². The Morgan fingerprint density at radius 2 is 2.25 bits per heavy atom. The van der Waals surface area contributed by atoms with Crippen LogP contribution in [-0.4, -0.2) is 27.4 Å². The highest BCUT2D eigenvalue weighted by atomic mass is 32.2. The molecular weight excluding hydrogens is 259 g/mol. The maximum Gasteiger partial charge on any atom is 0.452 e. The summed E-state index contributed by atoms with van der Waals surface area (Å²) in [6.45, 7) is 0.680. The minimum absolute atomic E-state index is 0.254. The van der Waals surface area contributed by atoms with Gasteiger partial charge in [-0.25, -0.2) is 0 Å². The third-order valence-electron chi connectivity index (χ3n) is 2.25. The van der Waals surface area contributed by atoms with E-state index < -0.39 is 12.0 Å². The Bertz CT molecular complexity index is 347. The van der Waals surface area contributed by atoms with Crippen LogP contribution in [0.1, 0.15) is 12.2 Å². The number of rotatable bonds is 3. The van der Waals surface area contributed by atoms with E-state index in [4.69, 9.17) is 0 Å². The van der Waals surface area contributed by atoms with Crippen molar-refractivity contribution in [2.75, 3.05) is 23.4 Å². The zero-order valence-corrected chi connectivity index (χ0v) is 9.88. The molecule has 3 nitrogen and oxygen atoms in total. The van der Waals surface area contributed by atoms with Gasteiger partial charge in [0, 0.05) is 18.1 Å². The van der Waals surface area contributed by atoms with Crippen molar-refractivity contribution < 1.29 is 13.2 Å². The number of aromatic nitrogens is 2. The zero-order chi connectivity index (χ0) is 11.6. The lowest BCUT2D eigenvalue weighted by atomic mass is 10.1. The van der Waals surface area contributed by atoms with Gasteiger partial charge in [-0.05, 0) is 23.8 Å². The molecular formula is C8H10F3N3S2. The molecule has 2 heterocycles. The standard InChI is InChI=1S/C8H10F3N3S2/c9-8(10,11)6-13-7(16-14-6)12-3-5-1-2-15-4-5/h5H,1-4H2,(H,12,13,14). The highest BCUT2D eigenvalue weighted by molar-refractivity contribution is 7.99. The van der Waals surface area contributed by atoms with Crippen LogP contribution >= 0.6 is 23.3 Å². The zero-order valence-electron chi connectivity index (χ0n) is 8.25. The first kappa shape index (κ1) is 12.0. The van der Waals surface area contributed by atoms with Crippen molar-refractivity contribution in [2.45, 2.75) is 12.6 Å². The molecule has 0 aliphatic carbocycles. The van der Waals surface area contributed by atoms with Gasteiger partial charge in [-0.3, -0.25) is 0 Å². The Kier molecular flexibility index (Phi) is 3.58. The van der Waals surface area contributed by atoms with Gasteiger partial charge in [-0.1, -0.05) is 0 Å². The Hall–Kier alpha value is -0.500. The monoisotopic (exact) mass is 269 g/mol. The van der Waals surface area contributed by atoms with Crippen LogP contribution in [0.3, 0.4) is 0 Å².